The second kappa shape index (κ2) is 5.07. The topological polar surface area (TPSA) is 67.8 Å². The van der Waals surface area contributed by atoms with Gasteiger partial charge in [0.15, 0.2) is 10.3 Å². The van der Waals surface area contributed by atoms with Gasteiger partial charge in [0.2, 0.25) is 0 Å². The van der Waals surface area contributed by atoms with E-state index in [0.717, 1.165) is 0 Å². The Morgan fingerprint density at radius 2 is 1.82 bits per heavy atom. The zero-order valence-corrected chi connectivity index (χ0v) is 9.90. The van der Waals surface area contributed by atoms with Crippen LogP contribution >= 0.6 is 23.2 Å². The summed E-state index contributed by atoms with van der Waals surface area (Å²) in [7, 11) is 0. The first kappa shape index (κ1) is 11.8. The Morgan fingerprint density at radius 3 is 2.41 bits per heavy atom. The molecule has 1 amide bonds. The summed E-state index contributed by atoms with van der Waals surface area (Å²) in [5.41, 5.74) is 0.426. The van der Waals surface area contributed by atoms with E-state index in [1.807, 2.05) is 0 Å². The summed E-state index contributed by atoms with van der Waals surface area (Å²) >= 11 is 11.6. The first-order valence-electron chi connectivity index (χ1n) is 4.57. The van der Waals surface area contributed by atoms with Gasteiger partial charge in [-0.15, -0.1) is 0 Å². The fraction of sp³-hybridized carbons (Fsp3) is 0. The van der Waals surface area contributed by atoms with Crippen molar-refractivity contribution >= 4 is 34.8 Å². The van der Waals surface area contributed by atoms with Crippen LogP contribution in [0.1, 0.15) is 10.5 Å². The van der Waals surface area contributed by atoms with Gasteiger partial charge in [-0.2, -0.15) is 0 Å². The number of carbonyl (C=O) groups is 1. The summed E-state index contributed by atoms with van der Waals surface area (Å²) in [6.07, 6.45) is 2.72. The van der Waals surface area contributed by atoms with E-state index in [1.165, 1.54) is 12.5 Å². The minimum absolute atomic E-state index is 0.0780. The molecule has 0 aromatic carbocycles. The van der Waals surface area contributed by atoms with Crippen LogP contribution in [-0.4, -0.2) is 20.9 Å². The molecular formula is C10H6Cl2N4O. The fourth-order valence-electron chi connectivity index (χ4n) is 1.12. The van der Waals surface area contributed by atoms with Gasteiger partial charge in [0, 0.05) is 6.20 Å². The van der Waals surface area contributed by atoms with Crippen LogP contribution in [0.5, 0.6) is 0 Å². The van der Waals surface area contributed by atoms with Crippen LogP contribution in [0.4, 0.5) is 5.69 Å². The molecule has 0 atom stereocenters. The van der Waals surface area contributed by atoms with Crippen LogP contribution in [0.15, 0.2) is 30.7 Å². The minimum atomic E-state index is -0.427. The summed E-state index contributed by atoms with van der Waals surface area (Å²) in [6.45, 7) is 0. The van der Waals surface area contributed by atoms with Gasteiger partial charge in [-0.3, -0.25) is 9.78 Å². The molecule has 0 spiro atoms. The highest BCUT2D eigenvalue weighted by Gasteiger charge is 2.13. The molecule has 1 N–H and O–H groups in total. The van der Waals surface area contributed by atoms with Crippen LogP contribution in [-0.2, 0) is 0 Å². The lowest BCUT2D eigenvalue weighted by atomic mass is 10.3. The third-order valence-electron chi connectivity index (χ3n) is 1.89. The van der Waals surface area contributed by atoms with Crippen LogP contribution < -0.4 is 5.32 Å². The molecule has 5 nitrogen and oxygen atoms in total. The molecule has 0 bridgehead atoms. The average Bonchev–Trinajstić information content (AvgIpc) is 2.35. The van der Waals surface area contributed by atoms with Crippen LogP contribution in [0.25, 0.3) is 0 Å². The van der Waals surface area contributed by atoms with Gasteiger partial charge in [-0.05, 0) is 12.1 Å². The summed E-state index contributed by atoms with van der Waals surface area (Å²) in [6, 6.07) is 4.98. The largest absolute Gasteiger partial charge is 0.315 e. The normalized spacial score (nSPS) is 10.0. The van der Waals surface area contributed by atoms with Crippen LogP contribution in [0.2, 0.25) is 10.3 Å². The lowest BCUT2D eigenvalue weighted by molar-refractivity contribution is 0.102. The number of pyridine rings is 1. The van der Waals surface area contributed by atoms with E-state index in [1.54, 1.807) is 18.2 Å². The second-order valence-corrected chi connectivity index (χ2v) is 3.72. The fourth-order valence-corrected chi connectivity index (χ4v) is 1.53. The first-order valence-corrected chi connectivity index (χ1v) is 5.32. The quantitative estimate of drug-likeness (QED) is 0.850. The minimum Gasteiger partial charge on any atom is -0.315 e. The predicted molar refractivity (Wildman–Crippen MR) is 64.2 cm³/mol. The van der Waals surface area contributed by atoms with Crippen molar-refractivity contribution in [3.63, 3.8) is 0 Å². The molecule has 0 fully saturated rings. The van der Waals surface area contributed by atoms with Gasteiger partial charge >= 0.3 is 0 Å². The van der Waals surface area contributed by atoms with Gasteiger partial charge in [-0.1, -0.05) is 29.3 Å². The lowest BCUT2D eigenvalue weighted by Gasteiger charge is -2.06. The Balaban J connectivity index is 2.25. The molecule has 0 aliphatic carbocycles. The van der Waals surface area contributed by atoms with E-state index in [9.17, 15) is 4.79 Å². The Morgan fingerprint density at radius 1 is 1.12 bits per heavy atom. The highest BCUT2D eigenvalue weighted by molar-refractivity contribution is 6.38. The van der Waals surface area contributed by atoms with E-state index in [4.69, 9.17) is 23.2 Å². The van der Waals surface area contributed by atoms with Gasteiger partial charge in [0.05, 0.1) is 0 Å². The molecule has 86 valence electrons. The van der Waals surface area contributed by atoms with Crippen LogP contribution in [0, 0.1) is 0 Å². The summed E-state index contributed by atoms with van der Waals surface area (Å²) in [5.74, 6) is -0.427. The van der Waals surface area contributed by atoms with E-state index in [0.29, 0.717) is 0 Å². The zero-order chi connectivity index (χ0) is 12.3. The molecule has 2 aromatic heterocycles. The van der Waals surface area contributed by atoms with Crippen molar-refractivity contribution in [1.29, 1.82) is 0 Å². The molecule has 2 rings (SSSR count). The number of hydrogen-bond acceptors (Lipinski definition) is 4. The molecule has 2 aromatic rings. The third-order valence-corrected chi connectivity index (χ3v) is 2.46. The number of rotatable bonds is 2. The molecule has 17 heavy (non-hydrogen) atoms. The number of amides is 1. The molecule has 2 heterocycles. The highest BCUT2D eigenvalue weighted by atomic mass is 35.5. The van der Waals surface area contributed by atoms with E-state index in [2.05, 4.69) is 20.3 Å². The highest BCUT2D eigenvalue weighted by Crippen LogP contribution is 2.25. The van der Waals surface area contributed by atoms with Crippen molar-refractivity contribution in [2.24, 2.45) is 0 Å². The number of halogens is 2. The average molecular weight is 269 g/mol. The molecule has 0 aliphatic rings. The number of hydrogen-bond donors (Lipinski definition) is 1. The molecule has 7 heteroatoms. The number of nitrogens with zero attached hydrogens (tertiary/aromatic N) is 3. The molecule has 0 unspecified atom stereocenters. The van der Waals surface area contributed by atoms with Crippen molar-refractivity contribution in [2.45, 2.75) is 0 Å². The van der Waals surface area contributed by atoms with Gasteiger partial charge in [0.1, 0.15) is 17.7 Å². The van der Waals surface area contributed by atoms with Crippen molar-refractivity contribution in [2.75, 3.05) is 5.32 Å². The Bertz CT molecular complexity index is 527. The van der Waals surface area contributed by atoms with E-state index < -0.39 is 5.91 Å². The maximum absolute atomic E-state index is 11.8. The molecule has 0 saturated carbocycles. The SMILES string of the molecule is O=C(Nc1c(Cl)ncnc1Cl)c1ccccn1. The monoisotopic (exact) mass is 268 g/mol. The van der Waals surface area contributed by atoms with E-state index in [-0.39, 0.29) is 21.7 Å². The maximum atomic E-state index is 11.8. The first-order chi connectivity index (χ1) is 8.18. The molecular weight excluding hydrogens is 263 g/mol. The van der Waals surface area contributed by atoms with Gasteiger partial charge in [0.25, 0.3) is 5.91 Å². The predicted octanol–water partition coefficient (Wildman–Crippen LogP) is 2.43. The number of carbonyl (C=O) groups excluding carboxylic acids is 1. The van der Waals surface area contributed by atoms with Crippen molar-refractivity contribution < 1.29 is 4.79 Å². The van der Waals surface area contributed by atoms with Crippen molar-refractivity contribution in [1.82, 2.24) is 15.0 Å². The molecule has 0 saturated heterocycles. The second-order valence-electron chi connectivity index (χ2n) is 3.00. The Hall–Kier alpha value is -1.72. The number of anilines is 1. The van der Waals surface area contributed by atoms with Gasteiger partial charge in [-0.25, -0.2) is 9.97 Å². The molecule has 0 radical (unpaired) electrons. The van der Waals surface area contributed by atoms with E-state index >= 15 is 0 Å². The Labute approximate surface area is 107 Å². The third kappa shape index (κ3) is 2.69. The maximum Gasteiger partial charge on any atom is 0.274 e. The molecule has 0 aliphatic heterocycles. The standard InChI is InChI=1S/C10H6Cl2N4O/c11-8-7(9(12)15-5-14-8)16-10(17)6-3-1-2-4-13-6/h1-5H,(H,16,17). The van der Waals surface area contributed by atoms with Crippen LogP contribution in [0.3, 0.4) is 0 Å². The summed E-state index contributed by atoms with van der Waals surface area (Å²) < 4.78 is 0. The Kier molecular flexibility index (Phi) is 3.51. The number of aromatic nitrogens is 3. The van der Waals surface area contributed by atoms with Crippen molar-refractivity contribution in [3.05, 3.63) is 46.7 Å². The summed E-state index contributed by atoms with van der Waals surface area (Å²) in [5, 5.41) is 2.66. The van der Waals surface area contributed by atoms with Crippen molar-refractivity contribution in [3.8, 4) is 0 Å². The number of nitrogens with one attached hydrogen (secondary N) is 1. The zero-order valence-electron chi connectivity index (χ0n) is 8.39. The van der Waals surface area contributed by atoms with Gasteiger partial charge < -0.3 is 5.32 Å². The lowest BCUT2D eigenvalue weighted by Crippen LogP contribution is -2.14. The summed E-state index contributed by atoms with van der Waals surface area (Å²) in [4.78, 5) is 23.1. The smallest absolute Gasteiger partial charge is 0.274 e.